The largest absolute Gasteiger partial charge is 0.497 e. The molecule has 0 fully saturated rings. The van der Waals surface area contributed by atoms with Crippen LogP contribution in [0.5, 0.6) is 5.75 Å². The van der Waals surface area contributed by atoms with Gasteiger partial charge in [0.1, 0.15) is 24.2 Å². The number of rotatable bonds is 11. The van der Waals surface area contributed by atoms with Crippen LogP contribution in [0.2, 0.25) is 5.02 Å². The molecule has 0 bridgehead atoms. The minimum Gasteiger partial charge on any atom is -0.497 e. The molecule has 1 atom stereocenters. The van der Waals surface area contributed by atoms with Crippen LogP contribution in [0.4, 0.5) is 10.1 Å². The summed E-state index contributed by atoms with van der Waals surface area (Å²) in [6, 6.07) is 16.8. The molecule has 2 amide bonds. The number of carbonyl (C=O) groups excluding carboxylic acids is 2. The van der Waals surface area contributed by atoms with Gasteiger partial charge < -0.3 is 15.0 Å². The summed E-state index contributed by atoms with van der Waals surface area (Å²) in [5.74, 6) is -1.15. The molecule has 1 N–H and O–H groups in total. The number of hydrogen-bond donors (Lipinski definition) is 1. The Morgan fingerprint density at radius 3 is 2.21 bits per heavy atom. The highest BCUT2D eigenvalue weighted by Gasteiger charge is 2.33. The van der Waals surface area contributed by atoms with Crippen molar-refractivity contribution < 1.29 is 27.1 Å². The predicted octanol–water partition coefficient (Wildman–Crippen LogP) is 4.62. The van der Waals surface area contributed by atoms with Gasteiger partial charge in [-0.25, -0.2) is 12.8 Å². The van der Waals surface area contributed by atoms with E-state index in [1.165, 1.54) is 30.2 Å². The predicted molar refractivity (Wildman–Crippen MR) is 149 cm³/mol. The fraction of sp³-hybridized carbons (Fsp3) is 0.286. The van der Waals surface area contributed by atoms with E-state index in [0.29, 0.717) is 11.3 Å². The van der Waals surface area contributed by atoms with Crippen LogP contribution in [0.3, 0.4) is 0 Å². The lowest BCUT2D eigenvalue weighted by atomic mass is 10.1. The Bertz CT molecular complexity index is 1400. The third-order valence-corrected chi connectivity index (χ3v) is 7.99. The van der Waals surface area contributed by atoms with E-state index in [9.17, 15) is 22.4 Å². The second-order valence-corrected chi connectivity index (χ2v) is 11.4. The maximum atomic E-state index is 13.9. The molecular weight excluding hydrogens is 545 g/mol. The Morgan fingerprint density at radius 2 is 1.64 bits per heavy atom. The molecule has 0 unspecified atom stereocenters. The quantitative estimate of drug-likeness (QED) is 0.360. The van der Waals surface area contributed by atoms with E-state index >= 15 is 0 Å². The van der Waals surface area contributed by atoms with Crippen LogP contribution in [-0.2, 0) is 26.2 Å². The van der Waals surface area contributed by atoms with E-state index in [-0.39, 0.29) is 28.2 Å². The van der Waals surface area contributed by atoms with Crippen molar-refractivity contribution in [2.45, 2.75) is 44.3 Å². The third-order valence-electron chi connectivity index (χ3n) is 5.91. The number of nitrogens with one attached hydrogen (secondary N) is 1. The van der Waals surface area contributed by atoms with E-state index in [4.69, 9.17) is 16.3 Å². The van der Waals surface area contributed by atoms with Gasteiger partial charge in [0.25, 0.3) is 10.0 Å². The number of ether oxygens (including phenoxy) is 1. The summed E-state index contributed by atoms with van der Waals surface area (Å²) in [6.45, 7) is 4.54. The Hall–Kier alpha value is -3.63. The van der Waals surface area contributed by atoms with Crippen LogP contribution in [0, 0.1) is 5.82 Å². The van der Waals surface area contributed by atoms with Gasteiger partial charge in [-0.3, -0.25) is 13.9 Å². The average Bonchev–Trinajstić information content (AvgIpc) is 2.91. The van der Waals surface area contributed by atoms with Crippen molar-refractivity contribution in [3.05, 3.63) is 89.2 Å². The van der Waals surface area contributed by atoms with E-state index in [2.05, 4.69) is 5.32 Å². The molecule has 0 radical (unpaired) electrons. The molecule has 3 aromatic rings. The molecule has 3 aromatic carbocycles. The highest BCUT2D eigenvalue weighted by Crippen LogP contribution is 2.28. The number of nitrogens with zero attached hydrogens (tertiary/aromatic N) is 2. The Balaban J connectivity index is 2.03. The standard InChI is InChI=1S/C28H31ClFN3O5S/c1-19(2)31-28(35)20(3)32(17-21-10-13-23(38-4)14-11-21)27(34)18-33(22-12-15-26(30)25(29)16-22)39(36,37)24-8-6-5-7-9-24/h5-16,19-20H,17-18H2,1-4H3,(H,31,35)/t20-/m1/s1. The molecule has 208 valence electrons. The van der Waals surface area contributed by atoms with Crippen molar-refractivity contribution >= 4 is 39.1 Å². The third kappa shape index (κ3) is 7.48. The Morgan fingerprint density at radius 1 is 1.00 bits per heavy atom. The number of sulfonamides is 1. The molecule has 3 rings (SSSR count). The summed E-state index contributed by atoms with van der Waals surface area (Å²) in [6.07, 6.45) is 0. The van der Waals surface area contributed by atoms with Gasteiger partial charge in [0.2, 0.25) is 11.8 Å². The Labute approximate surface area is 233 Å². The molecule has 0 aliphatic carbocycles. The smallest absolute Gasteiger partial charge is 0.264 e. The number of benzene rings is 3. The van der Waals surface area contributed by atoms with Gasteiger partial charge in [-0.2, -0.15) is 0 Å². The summed E-state index contributed by atoms with van der Waals surface area (Å²) in [7, 11) is -2.74. The van der Waals surface area contributed by atoms with Gasteiger partial charge in [-0.05, 0) is 68.8 Å². The maximum Gasteiger partial charge on any atom is 0.264 e. The van der Waals surface area contributed by atoms with E-state index in [1.807, 2.05) is 0 Å². The highest BCUT2D eigenvalue weighted by molar-refractivity contribution is 7.92. The zero-order valence-electron chi connectivity index (χ0n) is 22.1. The van der Waals surface area contributed by atoms with Gasteiger partial charge in [-0.15, -0.1) is 0 Å². The van der Waals surface area contributed by atoms with Crippen molar-refractivity contribution in [3.8, 4) is 5.75 Å². The van der Waals surface area contributed by atoms with Gasteiger partial charge in [0.15, 0.2) is 0 Å². The van der Waals surface area contributed by atoms with Gasteiger partial charge in [0.05, 0.1) is 22.7 Å². The summed E-state index contributed by atoms with van der Waals surface area (Å²) >= 11 is 5.97. The van der Waals surface area contributed by atoms with Crippen molar-refractivity contribution in [1.29, 1.82) is 0 Å². The molecule has 0 aliphatic rings. The number of anilines is 1. The van der Waals surface area contributed by atoms with Crippen LogP contribution in [-0.4, -0.2) is 50.9 Å². The first-order chi connectivity index (χ1) is 18.4. The van der Waals surface area contributed by atoms with E-state index < -0.39 is 40.2 Å². The fourth-order valence-corrected chi connectivity index (χ4v) is 5.41. The zero-order chi connectivity index (χ0) is 28.7. The van der Waals surface area contributed by atoms with Gasteiger partial charge in [0, 0.05) is 12.6 Å². The maximum absolute atomic E-state index is 13.9. The second kappa shape index (κ2) is 12.9. The number of carbonyl (C=O) groups is 2. The normalized spacial score (nSPS) is 12.1. The van der Waals surface area contributed by atoms with Crippen LogP contribution >= 0.6 is 11.6 Å². The molecule has 0 aromatic heterocycles. The van der Waals surface area contributed by atoms with Crippen LogP contribution in [0.25, 0.3) is 0 Å². The summed E-state index contributed by atoms with van der Waals surface area (Å²) in [5, 5.41) is 2.49. The lowest BCUT2D eigenvalue weighted by molar-refractivity contribution is -0.139. The first kappa shape index (κ1) is 29.9. The van der Waals surface area contributed by atoms with Crippen molar-refractivity contribution in [1.82, 2.24) is 10.2 Å². The average molecular weight is 576 g/mol. The number of amides is 2. The highest BCUT2D eigenvalue weighted by atomic mass is 35.5. The van der Waals surface area contributed by atoms with Crippen LogP contribution < -0.4 is 14.4 Å². The zero-order valence-corrected chi connectivity index (χ0v) is 23.7. The molecule has 0 saturated heterocycles. The minimum absolute atomic E-state index is 0.00212. The number of hydrogen-bond acceptors (Lipinski definition) is 5. The number of halogens is 2. The summed E-state index contributed by atoms with van der Waals surface area (Å²) in [4.78, 5) is 28.0. The SMILES string of the molecule is COc1ccc(CN(C(=O)CN(c2ccc(F)c(Cl)c2)S(=O)(=O)c2ccccc2)[C@H](C)C(=O)NC(C)C)cc1. The fourth-order valence-electron chi connectivity index (χ4n) is 3.80. The van der Waals surface area contributed by atoms with Gasteiger partial charge in [-0.1, -0.05) is 41.9 Å². The van der Waals surface area contributed by atoms with Crippen molar-refractivity contribution in [3.63, 3.8) is 0 Å². The topological polar surface area (TPSA) is 96.0 Å². The molecule has 0 spiro atoms. The first-order valence-electron chi connectivity index (χ1n) is 12.2. The molecule has 8 nitrogen and oxygen atoms in total. The Kier molecular flexibility index (Phi) is 9.93. The monoisotopic (exact) mass is 575 g/mol. The molecule has 0 heterocycles. The molecule has 39 heavy (non-hydrogen) atoms. The number of methoxy groups -OCH3 is 1. The second-order valence-electron chi connectivity index (χ2n) is 9.13. The van der Waals surface area contributed by atoms with E-state index in [1.54, 1.807) is 63.2 Å². The lowest BCUT2D eigenvalue weighted by Crippen LogP contribution is -2.52. The van der Waals surface area contributed by atoms with Crippen LogP contribution in [0.1, 0.15) is 26.3 Å². The molecule has 0 aliphatic heterocycles. The van der Waals surface area contributed by atoms with Crippen molar-refractivity contribution in [2.75, 3.05) is 18.0 Å². The van der Waals surface area contributed by atoms with Gasteiger partial charge >= 0.3 is 0 Å². The molecule has 11 heteroatoms. The minimum atomic E-state index is -4.27. The lowest BCUT2D eigenvalue weighted by Gasteiger charge is -2.32. The summed E-state index contributed by atoms with van der Waals surface area (Å²) < 4.78 is 47.4. The van der Waals surface area contributed by atoms with Crippen molar-refractivity contribution in [2.24, 2.45) is 0 Å². The molecule has 0 saturated carbocycles. The summed E-state index contributed by atoms with van der Waals surface area (Å²) in [5.41, 5.74) is 0.706. The van der Waals surface area contributed by atoms with E-state index in [0.717, 1.165) is 16.4 Å². The molecular formula is C28H31ClFN3O5S. The van der Waals surface area contributed by atoms with Crippen LogP contribution in [0.15, 0.2) is 77.7 Å². The first-order valence-corrected chi connectivity index (χ1v) is 14.0.